The summed E-state index contributed by atoms with van der Waals surface area (Å²) in [5.74, 6) is 0.0617. The van der Waals surface area contributed by atoms with Gasteiger partial charge in [0.2, 0.25) is 0 Å². The first kappa shape index (κ1) is 24.9. The zero-order valence-electron chi connectivity index (χ0n) is 20.0. The van der Waals surface area contributed by atoms with Crippen LogP contribution in [0.1, 0.15) is 16.1 Å². The van der Waals surface area contributed by atoms with Crippen LogP contribution < -0.4 is 10.4 Å². The molecule has 1 amide bonds. The first-order valence-corrected chi connectivity index (χ1v) is 12.1. The molecule has 0 fully saturated rings. The Balaban J connectivity index is 1.80. The third-order valence-corrected chi connectivity index (χ3v) is 6.38. The Hall–Kier alpha value is -3.82. The van der Waals surface area contributed by atoms with Gasteiger partial charge in [-0.3, -0.25) is 4.79 Å². The van der Waals surface area contributed by atoms with Crippen molar-refractivity contribution >= 4 is 40.6 Å². The molecule has 0 aliphatic heterocycles. The van der Waals surface area contributed by atoms with Crippen LogP contribution in [0.5, 0.6) is 0 Å². The summed E-state index contributed by atoms with van der Waals surface area (Å²) in [5.41, 5.74) is 7.09. The van der Waals surface area contributed by atoms with Gasteiger partial charge in [0.25, 0.3) is 5.91 Å². The van der Waals surface area contributed by atoms with E-state index in [4.69, 9.17) is 38.0 Å². The van der Waals surface area contributed by atoms with E-state index in [0.717, 1.165) is 16.7 Å². The number of hydrazine groups is 1. The third-order valence-electron chi connectivity index (χ3n) is 5.80. The smallest absolute Gasteiger partial charge is 0.279 e. The fourth-order valence-corrected chi connectivity index (χ4v) is 4.53. The molecule has 10 heteroatoms. The molecule has 0 atom stereocenters. The van der Waals surface area contributed by atoms with E-state index in [1.54, 1.807) is 61.4 Å². The Morgan fingerprint density at radius 3 is 2.43 bits per heavy atom. The Kier molecular flexibility index (Phi) is 7.16. The number of anilines is 1. The van der Waals surface area contributed by atoms with Crippen molar-refractivity contribution in [1.29, 1.82) is 0 Å². The first-order chi connectivity index (χ1) is 18.0. The van der Waals surface area contributed by atoms with Gasteiger partial charge in [0, 0.05) is 53.3 Å². The number of carbonyl (C=O) groups excluding carboxylic acids is 1. The molecule has 3 aromatic heterocycles. The average Bonchev–Trinajstić information content (AvgIpc) is 3.28. The van der Waals surface area contributed by atoms with Crippen molar-refractivity contribution in [3.63, 3.8) is 0 Å². The molecule has 0 spiro atoms. The van der Waals surface area contributed by atoms with Crippen molar-refractivity contribution in [3.05, 3.63) is 100 Å². The number of hydrogen-bond acceptors (Lipinski definition) is 6. The molecule has 5 aromatic rings. The average molecular weight is 533 g/mol. The van der Waals surface area contributed by atoms with E-state index in [2.05, 4.69) is 10.4 Å². The maximum atomic E-state index is 13.9. The minimum absolute atomic E-state index is 0.103. The lowest BCUT2D eigenvalue weighted by Gasteiger charge is -2.20. The van der Waals surface area contributed by atoms with E-state index in [1.165, 1.54) is 5.01 Å². The monoisotopic (exact) mass is 532 g/mol. The maximum absolute atomic E-state index is 13.9. The van der Waals surface area contributed by atoms with Crippen molar-refractivity contribution in [2.45, 2.75) is 6.61 Å². The number of hydrogen-bond donors (Lipinski definition) is 1. The highest BCUT2D eigenvalue weighted by Gasteiger charge is 2.29. The molecule has 0 radical (unpaired) electrons. The summed E-state index contributed by atoms with van der Waals surface area (Å²) >= 11 is 12.8. The predicted octanol–water partition coefficient (Wildman–Crippen LogP) is 5.69. The van der Waals surface area contributed by atoms with Crippen LogP contribution in [0.25, 0.3) is 28.0 Å². The lowest BCUT2D eigenvalue weighted by Crippen LogP contribution is -2.41. The number of carbonyl (C=O) groups is 1. The minimum atomic E-state index is -0.372. The van der Waals surface area contributed by atoms with Crippen molar-refractivity contribution < 1.29 is 9.53 Å². The molecular formula is C27H22Cl2N6O2. The van der Waals surface area contributed by atoms with Crippen LogP contribution in [0.2, 0.25) is 10.0 Å². The summed E-state index contributed by atoms with van der Waals surface area (Å²) in [6.07, 6.45) is 3.33. The van der Waals surface area contributed by atoms with E-state index in [9.17, 15) is 4.79 Å². The molecule has 1 N–H and O–H groups in total. The van der Waals surface area contributed by atoms with Gasteiger partial charge in [0.1, 0.15) is 17.1 Å². The van der Waals surface area contributed by atoms with Crippen molar-refractivity contribution in [2.24, 2.45) is 0 Å². The highest BCUT2D eigenvalue weighted by molar-refractivity contribution is 6.33. The van der Waals surface area contributed by atoms with Crippen molar-refractivity contribution in [3.8, 4) is 22.4 Å². The molecule has 186 valence electrons. The van der Waals surface area contributed by atoms with Gasteiger partial charge >= 0.3 is 0 Å². The summed E-state index contributed by atoms with van der Waals surface area (Å²) in [6, 6.07) is 20.2. The van der Waals surface area contributed by atoms with Crippen LogP contribution in [-0.2, 0) is 11.3 Å². The molecule has 0 saturated heterocycles. The van der Waals surface area contributed by atoms with Gasteiger partial charge in [-0.1, -0.05) is 59.6 Å². The molecular weight excluding hydrogens is 511 g/mol. The van der Waals surface area contributed by atoms with Crippen LogP contribution in [0, 0.1) is 0 Å². The number of nitrogens with one attached hydrogen (secondary N) is 1. The fourth-order valence-electron chi connectivity index (χ4n) is 4.17. The zero-order valence-corrected chi connectivity index (χ0v) is 21.5. The number of amides is 1. The predicted molar refractivity (Wildman–Crippen MR) is 145 cm³/mol. The number of methoxy groups -OCH3 is 1. The molecule has 0 unspecified atom stereocenters. The highest BCUT2D eigenvalue weighted by Crippen LogP contribution is 2.37. The molecule has 0 aliphatic rings. The summed E-state index contributed by atoms with van der Waals surface area (Å²) in [7, 11) is 3.20. The number of fused-ring (bicyclic) bond motifs is 1. The number of ether oxygens (including phenoxy) is 1. The van der Waals surface area contributed by atoms with Crippen LogP contribution in [0.4, 0.5) is 5.82 Å². The number of halogens is 2. The number of benzene rings is 2. The number of aromatic nitrogens is 4. The lowest BCUT2D eigenvalue weighted by atomic mass is 10.0. The van der Waals surface area contributed by atoms with E-state index in [-0.39, 0.29) is 12.5 Å². The topological polar surface area (TPSA) is 84.7 Å². The van der Waals surface area contributed by atoms with Crippen LogP contribution >= 0.6 is 23.2 Å². The Morgan fingerprint density at radius 1 is 1.00 bits per heavy atom. The SMILES string of the molecule is CNN(C(=O)c1c(COC)nn2c(-c3ccc(Cl)cc3)c(-c3ccccc3Cl)cnc12)c1ccccn1. The maximum Gasteiger partial charge on any atom is 0.279 e. The van der Waals surface area contributed by atoms with E-state index >= 15 is 0 Å². The molecule has 8 nitrogen and oxygen atoms in total. The molecule has 37 heavy (non-hydrogen) atoms. The molecule has 5 rings (SSSR count). The normalized spacial score (nSPS) is 11.1. The number of pyridine rings is 1. The van der Waals surface area contributed by atoms with Gasteiger partial charge in [-0.25, -0.2) is 24.9 Å². The van der Waals surface area contributed by atoms with Crippen LogP contribution in [0.15, 0.2) is 79.1 Å². The largest absolute Gasteiger partial charge is 0.378 e. The number of rotatable bonds is 7. The Morgan fingerprint density at radius 2 is 1.76 bits per heavy atom. The summed E-state index contributed by atoms with van der Waals surface area (Å²) in [6.45, 7) is 0.103. The van der Waals surface area contributed by atoms with Gasteiger partial charge in [0.15, 0.2) is 5.65 Å². The second-order valence-corrected chi connectivity index (χ2v) is 8.89. The second-order valence-electron chi connectivity index (χ2n) is 8.05. The standard InChI is InChI=1S/C27H22Cl2N6O2/c1-30-34(23-9-5-6-14-31-23)27(36)24-22(16-37-2)33-35-25(17-10-12-18(28)13-11-17)20(15-32-26(24)35)19-7-3-4-8-21(19)29/h3-15,30H,16H2,1-2H3. The molecule has 0 saturated carbocycles. The second kappa shape index (κ2) is 10.7. The Bertz CT molecular complexity index is 1570. The zero-order chi connectivity index (χ0) is 25.9. The quantitative estimate of drug-likeness (QED) is 0.271. The summed E-state index contributed by atoms with van der Waals surface area (Å²) < 4.78 is 7.08. The van der Waals surface area contributed by atoms with E-state index in [0.29, 0.717) is 38.5 Å². The van der Waals surface area contributed by atoms with Gasteiger partial charge in [-0.15, -0.1) is 0 Å². The van der Waals surface area contributed by atoms with Gasteiger partial charge in [-0.2, -0.15) is 5.10 Å². The van der Waals surface area contributed by atoms with E-state index in [1.807, 2.05) is 36.4 Å². The molecule has 0 bridgehead atoms. The van der Waals surface area contributed by atoms with Gasteiger partial charge in [-0.05, 0) is 30.3 Å². The Labute approximate surface area is 223 Å². The first-order valence-electron chi connectivity index (χ1n) is 11.4. The molecule has 3 heterocycles. The van der Waals surface area contributed by atoms with Crippen molar-refractivity contribution in [1.82, 2.24) is 25.0 Å². The third kappa shape index (κ3) is 4.68. The van der Waals surface area contributed by atoms with Gasteiger partial charge in [0.05, 0.1) is 12.3 Å². The van der Waals surface area contributed by atoms with Crippen LogP contribution in [0.3, 0.4) is 0 Å². The number of nitrogens with zero attached hydrogens (tertiary/aromatic N) is 5. The highest BCUT2D eigenvalue weighted by atomic mass is 35.5. The van der Waals surface area contributed by atoms with Crippen LogP contribution in [-0.4, -0.2) is 39.6 Å². The summed E-state index contributed by atoms with van der Waals surface area (Å²) in [5, 5.41) is 7.32. The molecule has 2 aromatic carbocycles. The minimum Gasteiger partial charge on any atom is -0.378 e. The summed E-state index contributed by atoms with van der Waals surface area (Å²) in [4.78, 5) is 22.9. The molecule has 0 aliphatic carbocycles. The van der Waals surface area contributed by atoms with Crippen molar-refractivity contribution in [2.75, 3.05) is 19.2 Å². The van der Waals surface area contributed by atoms with E-state index < -0.39 is 0 Å². The fraction of sp³-hybridized carbons (Fsp3) is 0.111. The lowest BCUT2D eigenvalue weighted by molar-refractivity contribution is 0.0972. The van der Waals surface area contributed by atoms with Gasteiger partial charge < -0.3 is 4.74 Å².